The second-order valence-electron chi connectivity index (χ2n) is 4.67. The average Bonchev–Trinajstić information content (AvgIpc) is 2.53. The first-order valence-electron chi connectivity index (χ1n) is 6.71. The van der Waals surface area contributed by atoms with E-state index in [1.807, 2.05) is 31.3 Å². The summed E-state index contributed by atoms with van der Waals surface area (Å²) in [6.07, 6.45) is 0.937. The minimum Gasteiger partial charge on any atom is -0.497 e. The molecule has 1 N–H and O–H groups in total. The van der Waals surface area contributed by atoms with Crippen molar-refractivity contribution in [2.45, 2.75) is 12.5 Å². The number of benzene rings is 2. The predicted octanol–water partition coefficient (Wildman–Crippen LogP) is 3.21. The van der Waals surface area contributed by atoms with E-state index in [2.05, 4.69) is 29.6 Å². The molecule has 2 rings (SSSR count). The minimum absolute atomic E-state index is 0.286. The standard InChI is InChI=1S/C17H21NO2/c1-18-17(14-6-10-16(20-3)11-7-14)12-13-4-8-15(19-2)9-5-13/h4-11,17-18H,12H2,1-3H3/t17-/m0/s1. The zero-order chi connectivity index (χ0) is 14.4. The monoisotopic (exact) mass is 271 g/mol. The van der Waals surface area contributed by atoms with Crippen molar-refractivity contribution < 1.29 is 9.47 Å². The molecule has 0 spiro atoms. The molecule has 2 aromatic rings. The fourth-order valence-corrected chi connectivity index (χ4v) is 2.22. The van der Waals surface area contributed by atoms with Gasteiger partial charge in [-0.05, 0) is 48.9 Å². The highest BCUT2D eigenvalue weighted by molar-refractivity contribution is 5.32. The van der Waals surface area contributed by atoms with Crippen LogP contribution in [0, 0.1) is 0 Å². The number of rotatable bonds is 6. The molecule has 3 nitrogen and oxygen atoms in total. The molecule has 0 bridgehead atoms. The lowest BCUT2D eigenvalue weighted by Crippen LogP contribution is -2.18. The Morgan fingerprint density at radius 2 is 1.35 bits per heavy atom. The highest BCUT2D eigenvalue weighted by Gasteiger charge is 2.10. The first-order valence-corrected chi connectivity index (χ1v) is 6.71. The van der Waals surface area contributed by atoms with Crippen LogP contribution in [-0.2, 0) is 6.42 Å². The summed E-state index contributed by atoms with van der Waals surface area (Å²) in [5, 5.41) is 3.36. The molecule has 0 aliphatic rings. The number of methoxy groups -OCH3 is 2. The second-order valence-corrected chi connectivity index (χ2v) is 4.67. The van der Waals surface area contributed by atoms with Gasteiger partial charge in [0, 0.05) is 6.04 Å². The van der Waals surface area contributed by atoms with Gasteiger partial charge in [0.1, 0.15) is 11.5 Å². The predicted molar refractivity (Wildman–Crippen MR) is 81.5 cm³/mol. The third-order valence-corrected chi connectivity index (χ3v) is 3.47. The van der Waals surface area contributed by atoms with Crippen molar-refractivity contribution in [1.82, 2.24) is 5.32 Å². The van der Waals surface area contributed by atoms with E-state index in [4.69, 9.17) is 9.47 Å². The van der Waals surface area contributed by atoms with E-state index in [9.17, 15) is 0 Å². The Balaban J connectivity index is 2.10. The molecule has 0 aliphatic heterocycles. The number of hydrogen-bond acceptors (Lipinski definition) is 3. The molecule has 0 amide bonds. The highest BCUT2D eigenvalue weighted by atomic mass is 16.5. The second kappa shape index (κ2) is 6.96. The quantitative estimate of drug-likeness (QED) is 0.875. The van der Waals surface area contributed by atoms with Gasteiger partial charge >= 0.3 is 0 Å². The fraction of sp³-hybridized carbons (Fsp3) is 0.294. The third kappa shape index (κ3) is 3.52. The Hall–Kier alpha value is -2.00. The maximum absolute atomic E-state index is 5.19. The van der Waals surface area contributed by atoms with Crippen LogP contribution >= 0.6 is 0 Å². The average molecular weight is 271 g/mol. The van der Waals surface area contributed by atoms with Gasteiger partial charge in [-0.2, -0.15) is 0 Å². The lowest BCUT2D eigenvalue weighted by atomic mass is 9.99. The van der Waals surface area contributed by atoms with Crippen molar-refractivity contribution in [3.8, 4) is 11.5 Å². The van der Waals surface area contributed by atoms with Crippen LogP contribution in [0.25, 0.3) is 0 Å². The molecule has 0 fully saturated rings. The SMILES string of the molecule is CN[C@@H](Cc1ccc(OC)cc1)c1ccc(OC)cc1. The molecule has 3 heteroatoms. The molecule has 2 aromatic carbocycles. The van der Waals surface area contributed by atoms with Crippen molar-refractivity contribution >= 4 is 0 Å². The maximum Gasteiger partial charge on any atom is 0.118 e. The van der Waals surface area contributed by atoms with E-state index >= 15 is 0 Å². The summed E-state index contributed by atoms with van der Waals surface area (Å²) in [4.78, 5) is 0. The van der Waals surface area contributed by atoms with Crippen LogP contribution < -0.4 is 14.8 Å². The molecule has 0 unspecified atom stereocenters. The van der Waals surface area contributed by atoms with Crippen molar-refractivity contribution in [3.05, 3.63) is 59.7 Å². The Morgan fingerprint density at radius 1 is 0.850 bits per heavy atom. The first kappa shape index (κ1) is 14.4. The van der Waals surface area contributed by atoms with E-state index in [-0.39, 0.29) is 6.04 Å². The van der Waals surface area contributed by atoms with Gasteiger partial charge in [0.05, 0.1) is 14.2 Å². The fourth-order valence-electron chi connectivity index (χ4n) is 2.22. The van der Waals surface area contributed by atoms with Gasteiger partial charge < -0.3 is 14.8 Å². The molecular formula is C17H21NO2. The first-order chi connectivity index (χ1) is 9.76. The molecule has 0 saturated carbocycles. The number of ether oxygens (including phenoxy) is 2. The van der Waals surface area contributed by atoms with Crippen LogP contribution in [0.2, 0.25) is 0 Å². The Kier molecular flexibility index (Phi) is 5.02. The molecule has 0 aromatic heterocycles. The molecule has 106 valence electrons. The van der Waals surface area contributed by atoms with E-state index in [0.29, 0.717) is 0 Å². The molecule has 0 radical (unpaired) electrons. The summed E-state index contributed by atoms with van der Waals surface area (Å²) >= 11 is 0. The van der Waals surface area contributed by atoms with E-state index in [0.717, 1.165) is 17.9 Å². The van der Waals surface area contributed by atoms with Gasteiger partial charge in [-0.3, -0.25) is 0 Å². The normalized spacial score (nSPS) is 11.9. The van der Waals surface area contributed by atoms with Crippen LogP contribution in [-0.4, -0.2) is 21.3 Å². The van der Waals surface area contributed by atoms with E-state index in [1.165, 1.54) is 11.1 Å². The number of hydrogen-bond donors (Lipinski definition) is 1. The van der Waals surface area contributed by atoms with Crippen LogP contribution in [0.4, 0.5) is 0 Å². The lowest BCUT2D eigenvalue weighted by molar-refractivity contribution is 0.414. The Labute approximate surface area is 120 Å². The third-order valence-electron chi connectivity index (χ3n) is 3.47. The van der Waals surface area contributed by atoms with Crippen molar-refractivity contribution in [3.63, 3.8) is 0 Å². The van der Waals surface area contributed by atoms with Crippen molar-refractivity contribution in [2.75, 3.05) is 21.3 Å². The summed E-state index contributed by atoms with van der Waals surface area (Å²) in [6.45, 7) is 0. The maximum atomic E-state index is 5.19. The largest absolute Gasteiger partial charge is 0.497 e. The number of likely N-dealkylation sites (N-methyl/N-ethyl adjacent to an activating group) is 1. The van der Waals surface area contributed by atoms with Crippen LogP contribution in [0.5, 0.6) is 11.5 Å². The van der Waals surface area contributed by atoms with Gasteiger partial charge in [0.25, 0.3) is 0 Å². The summed E-state index contributed by atoms with van der Waals surface area (Å²) in [6, 6.07) is 16.7. The molecule has 0 aliphatic carbocycles. The molecular weight excluding hydrogens is 250 g/mol. The van der Waals surface area contributed by atoms with Crippen molar-refractivity contribution in [2.24, 2.45) is 0 Å². The molecule has 20 heavy (non-hydrogen) atoms. The van der Waals surface area contributed by atoms with Crippen LogP contribution in [0.1, 0.15) is 17.2 Å². The van der Waals surface area contributed by atoms with Gasteiger partial charge in [0.2, 0.25) is 0 Å². The van der Waals surface area contributed by atoms with Crippen LogP contribution in [0.3, 0.4) is 0 Å². The van der Waals surface area contributed by atoms with E-state index in [1.54, 1.807) is 14.2 Å². The summed E-state index contributed by atoms with van der Waals surface area (Å²) < 4.78 is 10.4. The molecule has 0 saturated heterocycles. The summed E-state index contributed by atoms with van der Waals surface area (Å²) in [5.41, 5.74) is 2.53. The number of nitrogens with one attached hydrogen (secondary N) is 1. The zero-order valence-electron chi connectivity index (χ0n) is 12.2. The molecule has 0 heterocycles. The highest BCUT2D eigenvalue weighted by Crippen LogP contribution is 2.22. The summed E-state index contributed by atoms with van der Waals surface area (Å²) in [7, 11) is 5.35. The van der Waals surface area contributed by atoms with Crippen molar-refractivity contribution in [1.29, 1.82) is 0 Å². The Bertz CT molecular complexity index is 520. The Morgan fingerprint density at radius 3 is 1.80 bits per heavy atom. The topological polar surface area (TPSA) is 30.5 Å². The van der Waals surface area contributed by atoms with Gasteiger partial charge in [-0.25, -0.2) is 0 Å². The van der Waals surface area contributed by atoms with Gasteiger partial charge in [-0.15, -0.1) is 0 Å². The van der Waals surface area contributed by atoms with Gasteiger partial charge in [0.15, 0.2) is 0 Å². The lowest BCUT2D eigenvalue weighted by Gasteiger charge is -2.17. The summed E-state index contributed by atoms with van der Waals surface area (Å²) in [5.74, 6) is 1.77. The van der Waals surface area contributed by atoms with E-state index < -0.39 is 0 Å². The molecule has 1 atom stereocenters. The zero-order valence-corrected chi connectivity index (χ0v) is 12.2. The van der Waals surface area contributed by atoms with Gasteiger partial charge in [-0.1, -0.05) is 24.3 Å². The van der Waals surface area contributed by atoms with Crippen LogP contribution in [0.15, 0.2) is 48.5 Å². The minimum atomic E-state index is 0.286. The smallest absolute Gasteiger partial charge is 0.118 e.